The first-order valence-corrected chi connectivity index (χ1v) is 8.17. The number of amides is 1. The quantitative estimate of drug-likeness (QED) is 0.772. The fraction of sp³-hybridized carbons (Fsp3) is 0.278. The molecule has 26 heavy (non-hydrogen) atoms. The van der Waals surface area contributed by atoms with Gasteiger partial charge < -0.3 is 19.2 Å². The lowest BCUT2D eigenvalue weighted by atomic mass is 10.2. The van der Waals surface area contributed by atoms with E-state index in [2.05, 4.69) is 10.3 Å². The number of aryl methyl sites for hydroxylation is 2. The second-order valence-corrected chi connectivity index (χ2v) is 6.05. The molecule has 8 heteroatoms. The van der Waals surface area contributed by atoms with E-state index in [1.807, 2.05) is 0 Å². The van der Waals surface area contributed by atoms with E-state index in [-0.39, 0.29) is 23.7 Å². The fourth-order valence-electron chi connectivity index (χ4n) is 2.86. The van der Waals surface area contributed by atoms with Gasteiger partial charge in [-0.2, -0.15) is 0 Å². The number of benzene rings is 1. The molecule has 134 valence electrons. The summed E-state index contributed by atoms with van der Waals surface area (Å²) in [5, 5.41) is 3.15. The summed E-state index contributed by atoms with van der Waals surface area (Å²) in [4.78, 5) is 29.0. The van der Waals surface area contributed by atoms with Crippen molar-refractivity contribution in [2.75, 3.05) is 18.5 Å². The first kappa shape index (κ1) is 16.2. The van der Waals surface area contributed by atoms with Gasteiger partial charge in [0, 0.05) is 17.3 Å². The lowest BCUT2D eigenvalue weighted by molar-refractivity contribution is -0.116. The number of aromatic nitrogens is 2. The van der Waals surface area contributed by atoms with Gasteiger partial charge in [-0.05, 0) is 26.0 Å². The van der Waals surface area contributed by atoms with Crippen molar-refractivity contribution in [2.24, 2.45) is 0 Å². The van der Waals surface area contributed by atoms with Crippen molar-refractivity contribution in [3.63, 3.8) is 0 Å². The lowest BCUT2D eigenvalue weighted by Gasteiger charge is -2.19. The topological polar surface area (TPSA) is 95.6 Å². The molecule has 3 aromatic rings. The Morgan fingerprint density at radius 3 is 2.81 bits per heavy atom. The minimum absolute atomic E-state index is 0.153. The molecular formula is C18H17N3O5. The van der Waals surface area contributed by atoms with Crippen molar-refractivity contribution in [3.8, 4) is 11.5 Å². The lowest BCUT2D eigenvalue weighted by Crippen LogP contribution is -2.28. The number of nitrogens with one attached hydrogen (secondary N) is 1. The number of fused-ring (bicyclic) bond motifs is 2. The summed E-state index contributed by atoms with van der Waals surface area (Å²) < 4.78 is 17.6. The molecule has 1 aromatic carbocycles. The van der Waals surface area contributed by atoms with E-state index in [1.165, 1.54) is 10.9 Å². The van der Waals surface area contributed by atoms with Crippen LogP contribution in [0.3, 0.4) is 0 Å². The van der Waals surface area contributed by atoms with Gasteiger partial charge in [0.15, 0.2) is 11.5 Å². The number of furan rings is 1. The number of hydrogen-bond acceptors (Lipinski definition) is 6. The maximum absolute atomic E-state index is 12.6. The predicted octanol–water partition coefficient (Wildman–Crippen LogP) is 2.02. The molecule has 1 aliphatic rings. The van der Waals surface area contributed by atoms with Crippen LogP contribution in [-0.2, 0) is 11.3 Å². The van der Waals surface area contributed by atoms with E-state index in [0.717, 1.165) is 5.56 Å². The molecule has 4 rings (SSSR count). The van der Waals surface area contributed by atoms with E-state index >= 15 is 0 Å². The van der Waals surface area contributed by atoms with Crippen LogP contribution in [0.5, 0.6) is 11.5 Å². The standard InChI is InChI=1S/C18H17N3O5/c1-10-11(2)26-17-16(10)18(23)21(9-19-17)8-15(22)20-12-3-4-13-14(7-12)25-6-5-24-13/h3-4,7,9H,5-6,8H2,1-2H3,(H,20,22). The Balaban J connectivity index is 1.55. The molecule has 1 N–H and O–H groups in total. The summed E-state index contributed by atoms with van der Waals surface area (Å²) in [6, 6.07) is 5.15. The van der Waals surface area contributed by atoms with E-state index in [4.69, 9.17) is 13.9 Å². The molecule has 3 heterocycles. The number of nitrogens with zero attached hydrogens (tertiary/aromatic N) is 2. The third-order valence-electron chi connectivity index (χ3n) is 4.30. The zero-order chi connectivity index (χ0) is 18.3. The van der Waals surface area contributed by atoms with Crippen LogP contribution in [0.15, 0.2) is 33.7 Å². The Labute approximate surface area is 148 Å². The number of ether oxygens (including phenoxy) is 2. The highest BCUT2D eigenvalue weighted by Gasteiger charge is 2.16. The Hall–Kier alpha value is -3.29. The van der Waals surface area contributed by atoms with Crippen LogP contribution in [0.25, 0.3) is 11.1 Å². The van der Waals surface area contributed by atoms with Crippen molar-refractivity contribution < 1.29 is 18.7 Å². The summed E-state index contributed by atoms with van der Waals surface area (Å²) in [6.45, 7) is 4.39. The maximum atomic E-state index is 12.6. The molecule has 0 aliphatic carbocycles. The highest BCUT2D eigenvalue weighted by molar-refractivity contribution is 5.91. The van der Waals surface area contributed by atoms with E-state index < -0.39 is 0 Å². The molecule has 0 saturated carbocycles. The Kier molecular flexibility index (Phi) is 3.87. The summed E-state index contributed by atoms with van der Waals surface area (Å²) in [5.41, 5.74) is 1.28. The van der Waals surface area contributed by atoms with Crippen LogP contribution in [0.2, 0.25) is 0 Å². The van der Waals surface area contributed by atoms with Crippen molar-refractivity contribution >= 4 is 22.7 Å². The van der Waals surface area contributed by atoms with Crippen molar-refractivity contribution in [2.45, 2.75) is 20.4 Å². The number of hydrogen-bond donors (Lipinski definition) is 1. The van der Waals surface area contributed by atoms with Crippen molar-refractivity contribution in [3.05, 3.63) is 46.2 Å². The molecule has 1 amide bonds. The molecular weight excluding hydrogens is 338 g/mol. The molecule has 8 nitrogen and oxygen atoms in total. The monoisotopic (exact) mass is 355 g/mol. The molecule has 1 aliphatic heterocycles. The van der Waals surface area contributed by atoms with Gasteiger partial charge in [0.25, 0.3) is 5.56 Å². The fourth-order valence-corrected chi connectivity index (χ4v) is 2.86. The van der Waals surface area contributed by atoms with Crippen LogP contribution in [0.4, 0.5) is 5.69 Å². The number of carbonyl (C=O) groups is 1. The molecule has 0 saturated heterocycles. The van der Waals surface area contributed by atoms with Crippen LogP contribution in [-0.4, -0.2) is 28.7 Å². The normalized spacial score (nSPS) is 13.0. The first-order chi connectivity index (χ1) is 12.5. The first-order valence-electron chi connectivity index (χ1n) is 8.17. The zero-order valence-corrected chi connectivity index (χ0v) is 14.4. The minimum Gasteiger partial charge on any atom is -0.486 e. The van der Waals surface area contributed by atoms with Crippen LogP contribution in [0, 0.1) is 13.8 Å². The van der Waals surface area contributed by atoms with Gasteiger partial charge in [0.2, 0.25) is 11.6 Å². The predicted molar refractivity (Wildman–Crippen MR) is 93.8 cm³/mol. The highest BCUT2D eigenvalue weighted by atomic mass is 16.6. The van der Waals surface area contributed by atoms with Crippen LogP contribution < -0.4 is 20.3 Å². The van der Waals surface area contributed by atoms with Gasteiger partial charge in [-0.1, -0.05) is 0 Å². The third kappa shape index (κ3) is 2.79. The van der Waals surface area contributed by atoms with Crippen LogP contribution >= 0.6 is 0 Å². The van der Waals surface area contributed by atoms with Crippen molar-refractivity contribution in [1.82, 2.24) is 9.55 Å². The number of rotatable bonds is 3. The van der Waals surface area contributed by atoms with E-state index in [0.29, 0.717) is 41.5 Å². The second kappa shape index (κ2) is 6.21. The molecule has 0 spiro atoms. The Morgan fingerprint density at radius 2 is 2.00 bits per heavy atom. The van der Waals surface area contributed by atoms with Gasteiger partial charge in [-0.15, -0.1) is 0 Å². The molecule has 0 fully saturated rings. The van der Waals surface area contributed by atoms with Gasteiger partial charge in [0.1, 0.15) is 37.2 Å². The van der Waals surface area contributed by atoms with Crippen molar-refractivity contribution in [1.29, 1.82) is 0 Å². The third-order valence-corrected chi connectivity index (χ3v) is 4.30. The smallest absolute Gasteiger partial charge is 0.265 e. The molecule has 0 bridgehead atoms. The molecule has 0 atom stereocenters. The van der Waals surface area contributed by atoms with Gasteiger partial charge in [-0.3, -0.25) is 14.2 Å². The maximum Gasteiger partial charge on any atom is 0.265 e. The summed E-state index contributed by atoms with van der Waals surface area (Å²) in [6.07, 6.45) is 1.32. The SMILES string of the molecule is Cc1oc2ncn(CC(=O)Nc3ccc4c(c3)OCCO4)c(=O)c2c1C. The Morgan fingerprint density at radius 1 is 1.23 bits per heavy atom. The molecule has 2 aromatic heterocycles. The zero-order valence-electron chi connectivity index (χ0n) is 14.4. The van der Waals surface area contributed by atoms with Gasteiger partial charge >= 0.3 is 0 Å². The average molecular weight is 355 g/mol. The average Bonchev–Trinajstić information content (AvgIpc) is 2.92. The Bertz CT molecular complexity index is 1070. The molecule has 0 unspecified atom stereocenters. The second-order valence-electron chi connectivity index (χ2n) is 6.05. The number of carbonyl (C=O) groups excluding carboxylic acids is 1. The van der Waals surface area contributed by atoms with Gasteiger partial charge in [0.05, 0.1) is 0 Å². The highest BCUT2D eigenvalue weighted by Crippen LogP contribution is 2.32. The van der Waals surface area contributed by atoms with E-state index in [1.54, 1.807) is 32.0 Å². The number of anilines is 1. The van der Waals surface area contributed by atoms with Gasteiger partial charge in [-0.25, -0.2) is 4.98 Å². The van der Waals surface area contributed by atoms with E-state index in [9.17, 15) is 9.59 Å². The summed E-state index contributed by atoms with van der Waals surface area (Å²) >= 11 is 0. The molecule has 0 radical (unpaired) electrons. The largest absolute Gasteiger partial charge is 0.486 e. The minimum atomic E-state index is -0.345. The summed E-state index contributed by atoms with van der Waals surface area (Å²) in [7, 11) is 0. The summed E-state index contributed by atoms with van der Waals surface area (Å²) in [5.74, 6) is 1.52. The van der Waals surface area contributed by atoms with Crippen LogP contribution in [0.1, 0.15) is 11.3 Å².